The van der Waals surface area contributed by atoms with Gasteiger partial charge in [0.25, 0.3) is 6.29 Å². The predicted octanol–water partition coefficient (Wildman–Crippen LogP) is 5.19. The van der Waals surface area contributed by atoms with Crippen LogP contribution >= 0.6 is 0 Å². The molecule has 0 radical (unpaired) electrons. The van der Waals surface area contributed by atoms with Crippen molar-refractivity contribution in [3.8, 4) is 28.7 Å². The van der Waals surface area contributed by atoms with E-state index in [-0.39, 0.29) is 23.0 Å². The van der Waals surface area contributed by atoms with Crippen LogP contribution in [0.15, 0.2) is 84.9 Å². The first-order chi connectivity index (χ1) is 17.5. The second kappa shape index (κ2) is 10.5. The zero-order valence-electron chi connectivity index (χ0n) is 18.9. The van der Waals surface area contributed by atoms with E-state index in [1.807, 2.05) is 30.3 Å². The second-order valence-corrected chi connectivity index (χ2v) is 9.27. The first kappa shape index (κ1) is 26.0. The molecule has 0 unspecified atom stereocenters. The highest BCUT2D eigenvalue weighted by Gasteiger charge is 2.24. The standard InChI is InChI=1S/C24H18F2O9S2/c1-31-22-15-6-16-4-2-3-5-21(16)23(22)24(32-17-7-11-19(12-8-17)34-36(25,27)28)33-18-9-13-20(14-10-18)35-37(26,29)30/h2-15,24H,1H3. The molecule has 0 heterocycles. The molecule has 0 amide bonds. The molecule has 0 aromatic heterocycles. The van der Waals surface area contributed by atoms with Crippen LogP contribution in [-0.2, 0) is 21.0 Å². The van der Waals surface area contributed by atoms with Gasteiger partial charge in [-0.3, -0.25) is 0 Å². The Hall–Kier alpha value is -4.10. The van der Waals surface area contributed by atoms with Gasteiger partial charge >= 0.3 is 21.0 Å². The fraction of sp³-hybridized carbons (Fsp3) is 0.0833. The number of fused-ring (bicyclic) bond motifs is 1. The number of hydrogen-bond acceptors (Lipinski definition) is 9. The van der Waals surface area contributed by atoms with Crippen LogP contribution in [0.2, 0.25) is 0 Å². The minimum atomic E-state index is -5.20. The van der Waals surface area contributed by atoms with Crippen LogP contribution in [0.3, 0.4) is 0 Å². The maximum atomic E-state index is 12.8. The van der Waals surface area contributed by atoms with E-state index in [4.69, 9.17) is 14.2 Å². The molecule has 0 saturated carbocycles. The molecule has 0 N–H and O–H groups in total. The van der Waals surface area contributed by atoms with Crippen molar-refractivity contribution in [2.45, 2.75) is 6.29 Å². The summed E-state index contributed by atoms with van der Waals surface area (Å²) in [7, 11) is -8.93. The van der Waals surface area contributed by atoms with E-state index in [2.05, 4.69) is 8.37 Å². The van der Waals surface area contributed by atoms with E-state index in [0.29, 0.717) is 11.3 Å². The van der Waals surface area contributed by atoms with Gasteiger partial charge in [0.15, 0.2) is 0 Å². The maximum absolute atomic E-state index is 12.8. The number of hydrogen-bond donors (Lipinski definition) is 0. The van der Waals surface area contributed by atoms with Crippen molar-refractivity contribution in [2.24, 2.45) is 0 Å². The summed E-state index contributed by atoms with van der Waals surface area (Å²) in [6.07, 6.45) is -1.16. The van der Waals surface area contributed by atoms with Crippen LogP contribution in [0.1, 0.15) is 11.9 Å². The molecule has 0 fully saturated rings. The molecule has 0 saturated heterocycles. The largest absolute Gasteiger partial charge is 0.496 e. The SMILES string of the molecule is COc1ccc2ccccc2c1C(Oc1ccc(OS(=O)(=O)F)cc1)Oc1ccc(OS(=O)(=O)F)cc1. The summed E-state index contributed by atoms with van der Waals surface area (Å²) in [6, 6.07) is 21.1. The summed E-state index contributed by atoms with van der Waals surface area (Å²) in [4.78, 5) is 0. The molecule has 194 valence electrons. The van der Waals surface area contributed by atoms with E-state index in [0.717, 1.165) is 10.8 Å². The summed E-state index contributed by atoms with van der Waals surface area (Å²) in [5.74, 6) is 0.289. The van der Waals surface area contributed by atoms with Gasteiger partial charge in [-0.1, -0.05) is 38.1 Å². The Balaban J connectivity index is 1.72. The third-order valence-electron chi connectivity index (χ3n) is 4.91. The lowest BCUT2D eigenvalue weighted by atomic mass is 10.0. The second-order valence-electron chi connectivity index (χ2n) is 7.37. The minimum absolute atomic E-state index is 0.201. The summed E-state index contributed by atoms with van der Waals surface area (Å²) < 4.78 is 94.6. The molecule has 4 rings (SSSR count). The van der Waals surface area contributed by atoms with Gasteiger partial charge in [0.1, 0.15) is 28.7 Å². The highest BCUT2D eigenvalue weighted by atomic mass is 32.3. The fourth-order valence-electron chi connectivity index (χ4n) is 3.46. The average Bonchev–Trinajstić information content (AvgIpc) is 2.83. The van der Waals surface area contributed by atoms with Gasteiger partial charge in [-0.15, -0.1) is 0 Å². The lowest BCUT2D eigenvalue weighted by molar-refractivity contribution is 0.00329. The summed E-state index contributed by atoms with van der Waals surface area (Å²) >= 11 is 0. The Kier molecular flexibility index (Phi) is 7.36. The normalized spacial score (nSPS) is 11.8. The van der Waals surface area contributed by atoms with Gasteiger partial charge in [-0.25, -0.2) is 0 Å². The molecule has 0 spiro atoms. The van der Waals surface area contributed by atoms with Crippen molar-refractivity contribution in [1.82, 2.24) is 0 Å². The van der Waals surface area contributed by atoms with Gasteiger partial charge in [0.2, 0.25) is 0 Å². The van der Waals surface area contributed by atoms with Crippen LogP contribution in [-0.4, -0.2) is 23.9 Å². The van der Waals surface area contributed by atoms with Crippen LogP contribution in [0.5, 0.6) is 28.7 Å². The number of rotatable bonds is 10. The van der Waals surface area contributed by atoms with Gasteiger partial charge in [0.05, 0.1) is 12.7 Å². The molecule has 4 aromatic rings. The first-order valence-corrected chi connectivity index (χ1v) is 13.0. The van der Waals surface area contributed by atoms with E-state index in [1.165, 1.54) is 55.6 Å². The lowest BCUT2D eigenvalue weighted by Gasteiger charge is -2.24. The summed E-state index contributed by atoms with van der Waals surface area (Å²) in [5.41, 5.74) is 0.499. The summed E-state index contributed by atoms with van der Waals surface area (Å²) in [5, 5.41) is 1.59. The number of ether oxygens (including phenoxy) is 3. The number of halogens is 2. The van der Waals surface area contributed by atoms with Gasteiger partial charge in [0, 0.05) is 0 Å². The predicted molar refractivity (Wildman–Crippen MR) is 129 cm³/mol. The van der Waals surface area contributed by atoms with E-state index in [1.54, 1.807) is 6.07 Å². The average molecular weight is 553 g/mol. The molecule has 0 aliphatic rings. The number of benzene rings is 4. The zero-order valence-corrected chi connectivity index (χ0v) is 20.5. The van der Waals surface area contributed by atoms with Crippen molar-refractivity contribution < 1.29 is 47.2 Å². The van der Waals surface area contributed by atoms with Crippen LogP contribution < -0.4 is 22.6 Å². The molecule has 13 heteroatoms. The molecule has 37 heavy (non-hydrogen) atoms. The topological polar surface area (TPSA) is 114 Å². The third-order valence-corrected chi connectivity index (χ3v) is 5.69. The van der Waals surface area contributed by atoms with Gasteiger partial charge in [-0.2, -0.15) is 16.8 Å². The van der Waals surface area contributed by atoms with Crippen molar-refractivity contribution in [3.05, 3.63) is 90.5 Å². The highest BCUT2D eigenvalue weighted by molar-refractivity contribution is 7.82. The molecule has 0 aliphatic carbocycles. The molecular formula is C24H18F2O9S2. The Bertz CT molecular complexity index is 1530. The molecule has 4 aromatic carbocycles. The Morgan fingerprint density at radius 3 is 1.54 bits per heavy atom. The molecule has 0 aliphatic heterocycles. The van der Waals surface area contributed by atoms with Crippen molar-refractivity contribution >= 4 is 31.8 Å². The first-order valence-electron chi connectivity index (χ1n) is 10.4. The van der Waals surface area contributed by atoms with Gasteiger partial charge in [-0.05, 0) is 65.4 Å². The Morgan fingerprint density at radius 2 is 1.08 bits per heavy atom. The Labute approximate surface area is 211 Å². The number of methoxy groups -OCH3 is 1. The van der Waals surface area contributed by atoms with Gasteiger partial charge < -0.3 is 22.6 Å². The minimum Gasteiger partial charge on any atom is -0.496 e. The maximum Gasteiger partial charge on any atom is 0.488 e. The zero-order chi connectivity index (χ0) is 26.6. The molecule has 0 atom stereocenters. The van der Waals surface area contributed by atoms with E-state index >= 15 is 0 Å². The molecular weight excluding hydrogens is 534 g/mol. The molecule has 0 bridgehead atoms. The van der Waals surface area contributed by atoms with Crippen LogP contribution in [0.25, 0.3) is 10.8 Å². The van der Waals surface area contributed by atoms with Crippen LogP contribution in [0.4, 0.5) is 7.77 Å². The monoisotopic (exact) mass is 552 g/mol. The third kappa shape index (κ3) is 6.98. The Morgan fingerprint density at radius 1 is 0.622 bits per heavy atom. The van der Waals surface area contributed by atoms with Crippen LogP contribution in [0, 0.1) is 0 Å². The van der Waals surface area contributed by atoms with E-state index in [9.17, 15) is 24.6 Å². The highest BCUT2D eigenvalue weighted by Crippen LogP contribution is 2.37. The lowest BCUT2D eigenvalue weighted by Crippen LogP contribution is -2.16. The fourth-order valence-corrected chi connectivity index (χ4v) is 4.15. The van der Waals surface area contributed by atoms with Crippen molar-refractivity contribution in [3.63, 3.8) is 0 Å². The van der Waals surface area contributed by atoms with Crippen molar-refractivity contribution in [2.75, 3.05) is 7.11 Å². The quantitative estimate of drug-likeness (QED) is 0.194. The smallest absolute Gasteiger partial charge is 0.488 e. The summed E-state index contributed by atoms with van der Waals surface area (Å²) in [6.45, 7) is 0. The van der Waals surface area contributed by atoms with Crippen molar-refractivity contribution in [1.29, 1.82) is 0 Å². The van der Waals surface area contributed by atoms with E-state index < -0.39 is 27.3 Å². The molecule has 9 nitrogen and oxygen atoms in total.